The Hall–Kier alpha value is -2.03. The quantitative estimate of drug-likeness (QED) is 0.816. The van der Waals surface area contributed by atoms with Crippen LogP contribution in [0, 0.1) is 0 Å². The number of alkyl halides is 2. The zero-order chi connectivity index (χ0) is 17.9. The predicted molar refractivity (Wildman–Crippen MR) is 82.4 cm³/mol. The van der Waals surface area contributed by atoms with E-state index in [1.54, 1.807) is 9.80 Å². The normalized spacial score (nSPS) is 16.2. The summed E-state index contributed by atoms with van der Waals surface area (Å²) < 4.78 is 47.8. The zero-order valence-corrected chi connectivity index (χ0v) is 13.9. The van der Waals surface area contributed by atoms with Crippen LogP contribution in [0.5, 0.6) is 0 Å². The standard InChI is InChI=1S/C15H18F2N2O4S/c1-11(20)18-7-2-8-19(10-9-18)14(21)12-3-5-13(6-4-12)24(22,23)15(16)17/h3-6,15H,2,7-10H2,1H3. The molecule has 0 saturated carbocycles. The molecule has 0 spiro atoms. The second kappa shape index (κ2) is 7.25. The molecule has 1 heterocycles. The average molecular weight is 360 g/mol. The van der Waals surface area contributed by atoms with Crippen molar-refractivity contribution in [2.45, 2.75) is 24.0 Å². The summed E-state index contributed by atoms with van der Waals surface area (Å²) in [5, 5.41) is 0. The number of amides is 2. The Labute approximate surface area is 139 Å². The Balaban J connectivity index is 2.12. The van der Waals surface area contributed by atoms with Gasteiger partial charge >= 0.3 is 5.76 Å². The van der Waals surface area contributed by atoms with E-state index in [4.69, 9.17) is 0 Å². The first-order chi connectivity index (χ1) is 11.2. The summed E-state index contributed by atoms with van der Waals surface area (Å²) in [4.78, 5) is 26.5. The third-order valence-electron chi connectivity index (χ3n) is 3.89. The molecule has 0 aliphatic carbocycles. The van der Waals surface area contributed by atoms with Crippen LogP contribution in [-0.2, 0) is 14.6 Å². The van der Waals surface area contributed by atoms with Crippen molar-refractivity contribution in [1.29, 1.82) is 0 Å². The maximum Gasteiger partial charge on any atom is 0.341 e. The molecule has 132 valence electrons. The Morgan fingerprint density at radius 3 is 2.08 bits per heavy atom. The second-order valence-corrected chi connectivity index (χ2v) is 7.40. The van der Waals surface area contributed by atoms with Gasteiger partial charge in [0.1, 0.15) is 0 Å². The molecular weight excluding hydrogens is 342 g/mol. The fourth-order valence-corrected chi connectivity index (χ4v) is 3.23. The molecule has 2 amide bonds. The van der Waals surface area contributed by atoms with Gasteiger partial charge in [-0.15, -0.1) is 0 Å². The molecule has 1 aromatic carbocycles. The van der Waals surface area contributed by atoms with E-state index in [2.05, 4.69) is 0 Å². The fraction of sp³-hybridized carbons (Fsp3) is 0.467. The first-order valence-corrected chi connectivity index (χ1v) is 8.95. The molecular formula is C15H18F2N2O4S. The highest BCUT2D eigenvalue weighted by molar-refractivity contribution is 7.91. The Morgan fingerprint density at radius 1 is 1.00 bits per heavy atom. The summed E-state index contributed by atoms with van der Waals surface area (Å²) in [6.07, 6.45) is 0.642. The van der Waals surface area contributed by atoms with Crippen LogP contribution in [0.4, 0.5) is 8.78 Å². The van der Waals surface area contributed by atoms with E-state index in [1.165, 1.54) is 19.1 Å². The molecule has 0 radical (unpaired) electrons. The van der Waals surface area contributed by atoms with Gasteiger partial charge in [0.15, 0.2) is 0 Å². The van der Waals surface area contributed by atoms with Gasteiger partial charge in [0.2, 0.25) is 15.7 Å². The molecule has 1 aliphatic heterocycles. The minimum atomic E-state index is -4.67. The number of rotatable bonds is 3. The molecule has 0 bridgehead atoms. The summed E-state index contributed by atoms with van der Waals surface area (Å²) in [6.45, 7) is 3.32. The Morgan fingerprint density at radius 2 is 1.54 bits per heavy atom. The number of hydrogen-bond donors (Lipinski definition) is 0. The minimum Gasteiger partial charge on any atom is -0.341 e. The van der Waals surface area contributed by atoms with E-state index in [9.17, 15) is 26.8 Å². The predicted octanol–water partition coefficient (Wildman–Crippen LogP) is 1.38. The number of sulfone groups is 1. The van der Waals surface area contributed by atoms with Crippen molar-refractivity contribution >= 4 is 21.7 Å². The summed E-state index contributed by atoms with van der Waals surface area (Å²) >= 11 is 0. The molecule has 1 aromatic rings. The Kier molecular flexibility index (Phi) is 5.53. The highest BCUT2D eigenvalue weighted by atomic mass is 32.2. The van der Waals surface area contributed by atoms with E-state index in [-0.39, 0.29) is 17.4 Å². The number of halogens is 2. The third kappa shape index (κ3) is 3.89. The van der Waals surface area contributed by atoms with Crippen LogP contribution in [0.15, 0.2) is 29.2 Å². The van der Waals surface area contributed by atoms with Crippen molar-refractivity contribution < 1.29 is 26.8 Å². The average Bonchev–Trinajstić information content (AvgIpc) is 2.80. The van der Waals surface area contributed by atoms with Crippen LogP contribution in [-0.4, -0.2) is 62.0 Å². The third-order valence-corrected chi connectivity index (χ3v) is 5.29. The number of nitrogens with zero attached hydrogens (tertiary/aromatic N) is 2. The summed E-state index contributed by atoms with van der Waals surface area (Å²) in [5.74, 6) is -3.87. The lowest BCUT2D eigenvalue weighted by atomic mass is 10.2. The number of hydrogen-bond acceptors (Lipinski definition) is 4. The maximum atomic E-state index is 12.5. The summed E-state index contributed by atoms with van der Waals surface area (Å²) in [6, 6.07) is 4.47. The first-order valence-electron chi connectivity index (χ1n) is 7.40. The topological polar surface area (TPSA) is 74.8 Å². The second-order valence-electron chi connectivity index (χ2n) is 5.48. The highest BCUT2D eigenvalue weighted by Gasteiger charge is 2.27. The summed E-state index contributed by atoms with van der Waals surface area (Å²) in [5.41, 5.74) is 0.222. The van der Waals surface area contributed by atoms with Crippen LogP contribution in [0.2, 0.25) is 0 Å². The first kappa shape index (κ1) is 18.3. The molecule has 1 fully saturated rings. The van der Waals surface area contributed by atoms with Gasteiger partial charge in [0.05, 0.1) is 4.90 Å². The molecule has 6 nitrogen and oxygen atoms in total. The molecule has 0 aromatic heterocycles. The van der Waals surface area contributed by atoms with E-state index in [0.29, 0.717) is 32.6 Å². The van der Waals surface area contributed by atoms with Gasteiger partial charge in [-0.3, -0.25) is 9.59 Å². The van der Waals surface area contributed by atoms with Gasteiger partial charge in [-0.1, -0.05) is 0 Å². The van der Waals surface area contributed by atoms with Crippen LogP contribution < -0.4 is 0 Å². The maximum absolute atomic E-state index is 12.5. The van der Waals surface area contributed by atoms with Crippen LogP contribution in [0.25, 0.3) is 0 Å². The van der Waals surface area contributed by atoms with Crippen LogP contribution >= 0.6 is 0 Å². The van der Waals surface area contributed by atoms with E-state index in [0.717, 1.165) is 12.1 Å². The highest BCUT2D eigenvalue weighted by Crippen LogP contribution is 2.19. The van der Waals surface area contributed by atoms with E-state index in [1.807, 2.05) is 0 Å². The van der Waals surface area contributed by atoms with E-state index < -0.39 is 20.5 Å². The van der Waals surface area contributed by atoms with Crippen molar-refractivity contribution in [1.82, 2.24) is 9.80 Å². The van der Waals surface area contributed by atoms with Crippen molar-refractivity contribution in [3.8, 4) is 0 Å². The number of carbonyl (C=O) groups is 2. The molecule has 0 N–H and O–H groups in total. The van der Waals surface area contributed by atoms with Gasteiger partial charge in [-0.2, -0.15) is 8.78 Å². The monoisotopic (exact) mass is 360 g/mol. The lowest BCUT2D eigenvalue weighted by Crippen LogP contribution is -2.36. The molecule has 9 heteroatoms. The number of benzene rings is 1. The molecule has 0 atom stereocenters. The van der Waals surface area contributed by atoms with Crippen molar-refractivity contribution in [3.05, 3.63) is 29.8 Å². The van der Waals surface area contributed by atoms with Gasteiger partial charge < -0.3 is 9.80 Å². The Bertz CT molecular complexity index is 719. The minimum absolute atomic E-state index is 0.0501. The smallest absolute Gasteiger partial charge is 0.341 e. The van der Waals surface area contributed by atoms with Gasteiger partial charge in [-0.05, 0) is 30.7 Å². The SMILES string of the molecule is CC(=O)N1CCCN(C(=O)c2ccc(S(=O)(=O)C(F)F)cc2)CC1. The van der Waals surface area contributed by atoms with Crippen LogP contribution in [0.1, 0.15) is 23.7 Å². The van der Waals surface area contributed by atoms with Gasteiger partial charge in [0, 0.05) is 38.7 Å². The largest absolute Gasteiger partial charge is 0.341 e. The molecule has 24 heavy (non-hydrogen) atoms. The fourth-order valence-electron chi connectivity index (χ4n) is 2.51. The van der Waals surface area contributed by atoms with Crippen molar-refractivity contribution in [3.63, 3.8) is 0 Å². The van der Waals surface area contributed by atoms with Crippen molar-refractivity contribution in [2.75, 3.05) is 26.2 Å². The molecule has 1 aliphatic rings. The van der Waals surface area contributed by atoms with Gasteiger partial charge in [-0.25, -0.2) is 8.42 Å². The van der Waals surface area contributed by atoms with Crippen molar-refractivity contribution in [2.24, 2.45) is 0 Å². The lowest BCUT2D eigenvalue weighted by Gasteiger charge is -2.21. The molecule has 0 unspecified atom stereocenters. The van der Waals surface area contributed by atoms with Gasteiger partial charge in [0.25, 0.3) is 5.91 Å². The molecule has 1 saturated heterocycles. The van der Waals surface area contributed by atoms with E-state index >= 15 is 0 Å². The number of carbonyl (C=O) groups excluding carboxylic acids is 2. The summed E-state index contributed by atoms with van der Waals surface area (Å²) in [7, 11) is -4.67. The molecule has 2 rings (SSSR count). The lowest BCUT2D eigenvalue weighted by molar-refractivity contribution is -0.128. The zero-order valence-electron chi connectivity index (χ0n) is 13.1. The van der Waals surface area contributed by atoms with Crippen LogP contribution in [0.3, 0.4) is 0 Å².